The van der Waals surface area contributed by atoms with E-state index in [0.29, 0.717) is 12.3 Å². The smallest absolute Gasteiger partial charge is 0.191 e. The van der Waals surface area contributed by atoms with Crippen molar-refractivity contribution in [2.45, 2.75) is 39.0 Å². The number of hydrogen-bond donors (Lipinski definition) is 0. The first-order valence-electron chi connectivity index (χ1n) is 9.51. The summed E-state index contributed by atoms with van der Waals surface area (Å²) in [6.07, 6.45) is 1.84. The second-order valence-corrected chi connectivity index (χ2v) is 7.62. The third-order valence-corrected chi connectivity index (χ3v) is 5.87. The number of benzene rings is 1. The van der Waals surface area contributed by atoms with Crippen molar-refractivity contribution in [2.75, 3.05) is 12.9 Å². The molecule has 0 unspecified atom stereocenters. The average Bonchev–Trinajstić information content (AvgIpc) is 3.28. The lowest BCUT2D eigenvalue weighted by Crippen LogP contribution is -2.07. The molecular weight excluding hydrogens is 384 g/mol. The minimum Gasteiger partial charge on any atom is -0.497 e. The van der Waals surface area contributed by atoms with E-state index in [-0.39, 0.29) is 5.78 Å². The molecule has 3 rings (SSSR count). The number of thioether (sulfide) groups is 1. The number of nitrogens with zero attached hydrogens (tertiary/aromatic N) is 4. The Hall–Kier alpha value is -2.80. The molecule has 29 heavy (non-hydrogen) atoms. The lowest BCUT2D eigenvalue weighted by atomic mass is 10.2. The van der Waals surface area contributed by atoms with Crippen molar-refractivity contribution in [3.63, 3.8) is 0 Å². The quantitative estimate of drug-likeness (QED) is 0.294. The molecule has 6 nitrogen and oxygen atoms in total. The highest BCUT2D eigenvalue weighted by molar-refractivity contribution is 7.99. The molecule has 0 amide bonds. The van der Waals surface area contributed by atoms with E-state index in [2.05, 4.69) is 21.3 Å². The number of ketones is 1. The third-order valence-electron chi connectivity index (χ3n) is 4.90. The van der Waals surface area contributed by atoms with Gasteiger partial charge in [-0.15, -0.1) is 16.8 Å². The number of ether oxygens (including phenoxy) is 1. The van der Waals surface area contributed by atoms with Crippen LogP contribution in [0.2, 0.25) is 0 Å². The molecule has 7 heteroatoms. The molecule has 0 N–H and O–H groups in total. The van der Waals surface area contributed by atoms with Gasteiger partial charge in [-0.25, -0.2) is 0 Å². The predicted molar refractivity (Wildman–Crippen MR) is 117 cm³/mol. The molecule has 0 bridgehead atoms. The van der Waals surface area contributed by atoms with E-state index in [1.54, 1.807) is 7.11 Å². The van der Waals surface area contributed by atoms with Crippen molar-refractivity contribution in [2.24, 2.45) is 0 Å². The zero-order valence-corrected chi connectivity index (χ0v) is 18.1. The van der Waals surface area contributed by atoms with Gasteiger partial charge in [-0.2, -0.15) is 0 Å². The van der Waals surface area contributed by atoms with Crippen molar-refractivity contribution in [1.29, 1.82) is 0 Å². The second-order valence-electron chi connectivity index (χ2n) is 6.67. The maximum Gasteiger partial charge on any atom is 0.191 e. The molecule has 0 aliphatic heterocycles. The molecule has 1 aromatic carbocycles. The van der Waals surface area contributed by atoms with E-state index in [9.17, 15) is 4.79 Å². The van der Waals surface area contributed by atoms with Gasteiger partial charge in [-0.1, -0.05) is 17.8 Å². The highest BCUT2D eigenvalue weighted by atomic mass is 32.2. The van der Waals surface area contributed by atoms with Gasteiger partial charge < -0.3 is 13.9 Å². The van der Waals surface area contributed by atoms with Crippen LogP contribution in [0.3, 0.4) is 0 Å². The zero-order chi connectivity index (χ0) is 21.0. The molecule has 0 aliphatic carbocycles. The van der Waals surface area contributed by atoms with Gasteiger partial charge in [0.05, 0.1) is 12.9 Å². The molecular formula is C22H26N4O2S. The van der Waals surface area contributed by atoms with Crippen LogP contribution in [0.25, 0.3) is 11.4 Å². The van der Waals surface area contributed by atoms with E-state index < -0.39 is 0 Å². The largest absolute Gasteiger partial charge is 0.497 e. The minimum atomic E-state index is 0.0927. The SMILES string of the molecule is C=CCn1c(C)cc(C(=O)CSc2nnc(-c3ccc(OC)cc3)n2CC)c1C. The van der Waals surface area contributed by atoms with Crippen LogP contribution in [0.4, 0.5) is 0 Å². The fraction of sp³-hybridized carbons (Fsp3) is 0.318. The maximum absolute atomic E-state index is 12.8. The van der Waals surface area contributed by atoms with E-state index >= 15 is 0 Å². The summed E-state index contributed by atoms with van der Waals surface area (Å²) in [6, 6.07) is 9.68. The fourth-order valence-electron chi connectivity index (χ4n) is 3.34. The summed E-state index contributed by atoms with van der Waals surface area (Å²) < 4.78 is 9.34. The Morgan fingerprint density at radius 2 is 1.93 bits per heavy atom. The highest BCUT2D eigenvalue weighted by Gasteiger charge is 2.18. The first kappa shape index (κ1) is 20.9. The number of methoxy groups -OCH3 is 1. The number of rotatable bonds is 9. The lowest BCUT2D eigenvalue weighted by Gasteiger charge is -2.08. The summed E-state index contributed by atoms with van der Waals surface area (Å²) in [7, 11) is 1.64. The molecule has 0 saturated heterocycles. The summed E-state index contributed by atoms with van der Waals surface area (Å²) in [4.78, 5) is 12.8. The number of allylic oxidation sites excluding steroid dienone is 1. The minimum absolute atomic E-state index is 0.0927. The standard InChI is InChI=1S/C22H26N4O2S/c1-6-12-26-15(3)13-19(16(26)4)20(27)14-29-22-24-23-21(25(22)7-2)17-8-10-18(28-5)11-9-17/h6,8-11,13H,1,7,12,14H2,2-5H3. The van der Waals surface area contributed by atoms with Crippen LogP contribution in [0.15, 0.2) is 48.1 Å². The van der Waals surface area contributed by atoms with Gasteiger partial charge >= 0.3 is 0 Å². The average molecular weight is 411 g/mol. The van der Waals surface area contributed by atoms with Crippen LogP contribution >= 0.6 is 11.8 Å². The van der Waals surface area contributed by atoms with Crippen molar-refractivity contribution < 1.29 is 9.53 Å². The van der Waals surface area contributed by atoms with Crippen molar-refractivity contribution in [1.82, 2.24) is 19.3 Å². The Kier molecular flexibility index (Phi) is 6.59. The molecule has 0 saturated carbocycles. The van der Waals surface area contributed by atoms with Gasteiger partial charge in [0, 0.05) is 35.6 Å². The van der Waals surface area contributed by atoms with Gasteiger partial charge in [-0.05, 0) is 51.1 Å². The van der Waals surface area contributed by atoms with Crippen molar-refractivity contribution in [3.8, 4) is 17.1 Å². The van der Waals surface area contributed by atoms with Crippen LogP contribution in [-0.2, 0) is 13.1 Å². The molecule has 0 atom stereocenters. The number of Topliss-reactive ketones (excluding diaryl/α,β-unsaturated/α-hetero) is 1. The van der Waals surface area contributed by atoms with Crippen LogP contribution in [0.5, 0.6) is 5.75 Å². The number of hydrogen-bond acceptors (Lipinski definition) is 5. The van der Waals surface area contributed by atoms with E-state index in [1.165, 1.54) is 11.8 Å². The fourth-order valence-corrected chi connectivity index (χ4v) is 4.22. The van der Waals surface area contributed by atoms with Crippen LogP contribution in [-0.4, -0.2) is 38.0 Å². The number of carbonyl (C=O) groups is 1. The zero-order valence-electron chi connectivity index (χ0n) is 17.3. The maximum atomic E-state index is 12.8. The van der Waals surface area contributed by atoms with E-state index in [1.807, 2.05) is 61.7 Å². The summed E-state index contributed by atoms with van der Waals surface area (Å²) >= 11 is 1.42. The molecule has 2 aromatic heterocycles. The molecule has 152 valence electrons. The van der Waals surface area contributed by atoms with Crippen molar-refractivity contribution in [3.05, 3.63) is 59.9 Å². The van der Waals surface area contributed by atoms with Gasteiger partial charge in [0.15, 0.2) is 16.8 Å². The molecule has 2 heterocycles. The summed E-state index contributed by atoms with van der Waals surface area (Å²) in [5, 5.41) is 9.41. The predicted octanol–water partition coefficient (Wildman–Crippen LogP) is 4.55. The van der Waals surface area contributed by atoms with Gasteiger partial charge in [0.25, 0.3) is 0 Å². The Morgan fingerprint density at radius 1 is 1.21 bits per heavy atom. The summed E-state index contributed by atoms with van der Waals surface area (Å²) in [5.74, 6) is 1.99. The Balaban J connectivity index is 1.77. The van der Waals surface area contributed by atoms with Crippen molar-refractivity contribution >= 4 is 17.5 Å². The monoisotopic (exact) mass is 410 g/mol. The normalized spacial score (nSPS) is 10.9. The number of aromatic nitrogens is 4. The topological polar surface area (TPSA) is 61.9 Å². The Bertz CT molecular complexity index is 1020. The first-order valence-corrected chi connectivity index (χ1v) is 10.5. The molecule has 0 spiro atoms. The van der Waals surface area contributed by atoms with Crippen LogP contribution < -0.4 is 4.74 Å². The van der Waals surface area contributed by atoms with Gasteiger partial charge in [0.1, 0.15) is 5.75 Å². The van der Waals surface area contributed by atoms with E-state index in [4.69, 9.17) is 4.74 Å². The molecule has 3 aromatic rings. The lowest BCUT2D eigenvalue weighted by molar-refractivity contribution is 0.102. The molecule has 0 aliphatic rings. The van der Waals surface area contributed by atoms with E-state index in [0.717, 1.165) is 45.8 Å². The van der Waals surface area contributed by atoms with Crippen LogP contribution in [0, 0.1) is 13.8 Å². The van der Waals surface area contributed by atoms with Crippen LogP contribution in [0.1, 0.15) is 28.7 Å². The Morgan fingerprint density at radius 3 is 2.55 bits per heavy atom. The second kappa shape index (κ2) is 9.13. The highest BCUT2D eigenvalue weighted by Crippen LogP contribution is 2.26. The molecule has 0 fully saturated rings. The van der Waals surface area contributed by atoms with Gasteiger partial charge in [-0.3, -0.25) is 4.79 Å². The third kappa shape index (κ3) is 4.29. The number of carbonyl (C=O) groups excluding carboxylic acids is 1. The molecule has 0 radical (unpaired) electrons. The summed E-state index contributed by atoms with van der Waals surface area (Å²) in [5.41, 5.74) is 3.76. The number of aryl methyl sites for hydroxylation is 1. The Labute approximate surface area is 175 Å². The summed E-state index contributed by atoms with van der Waals surface area (Å²) in [6.45, 7) is 11.2. The first-order chi connectivity index (χ1) is 14.0. The van der Waals surface area contributed by atoms with Gasteiger partial charge in [0.2, 0.25) is 0 Å².